The van der Waals surface area contributed by atoms with Crippen molar-refractivity contribution in [3.8, 4) is 0 Å². The summed E-state index contributed by atoms with van der Waals surface area (Å²) in [5, 5.41) is 0. The maximum Gasteiger partial charge on any atom is 0.306 e. The first-order valence-electron chi connectivity index (χ1n) is 16.2. The van der Waals surface area contributed by atoms with Gasteiger partial charge in [-0.1, -0.05) is 116 Å². The zero-order valence-electron chi connectivity index (χ0n) is 25.7. The second-order valence-corrected chi connectivity index (χ2v) is 10.7. The van der Waals surface area contributed by atoms with Gasteiger partial charge in [0, 0.05) is 19.3 Å². The smallest absolute Gasteiger partial charge is 0.306 e. The Labute approximate surface area is 240 Å². The third-order valence-electron chi connectivity index (χ3n) is 6.77. The summed E-state index contributed by atoms with van der Waals surface area (Å²) in [5.41, 5.74) is 0. The summed E-state index contributed by atoms with van der Waals surface area (Å²) >= 11 is 0. The molecule has 1 unspecified atom stereocenters. The van der Waals surface area contributed by atoms with Gasteiger partial charge in [-0.3, -0.25) is 14.4 Å². The Kier molecular flexibility index (Phi) is 27.8. The zero-order valence-corrected chi connectivity index (χ0v) is 25.7. The summed E-state index contributed by atoms with van der Waals surface area (Å²) in [6, 6.07) is 0. The molecule has 0 fully saturated rings. The van der Waals surface area contributed by atoms with Gasteiger partial charge < -0.3 is 14.2 Å². The van der Waals surface area contributed by atoms with Crippen LogP contribution in [0.5, 0.6) is 0 Å². The van der Waals surface area contributed by atoms with Crippen molar-refractivity contribution in [1.29, 1.82) is 0 Å². The van der Waals surface area contributed by atoms with Gasteiger partial charge in [0.1, 0.15) is 13.2 Å². The molecule has 0 aliphatic rings. The molecule has 0 aromatic carbocycles. The minimum absolute atomic E-state index is 0.0739. The Hall–Kier alpha value is -1.85. The molecule has 39 heavy (non-hydrogen) atoms. The van der Waals surface area contributed by atoms with E-state index >= 15 is 0 Å². The lowest BCUT2D eigenvalue weighted by atomic mass is 10.1. The standard InChI is InChI=1S/C33H60O6/c1-4-7-10-13-14-15-16-17-18-21-23-26-32(35)38-29-30(39-33(36)27-24-20-12-9-6-3)28-37-31(34)25-22-19-11-8-5-2/h13-14,30H,4-12,15-29H2,1-3H3/b14-13-. The average molecular weight is 553 g/mol. The zero-order chi connectivity index (χ0) is 28.8. The van der Waals surface area contributed by atoms with Gasteiger partial charge in [0.05, 0.1) is 0 Å². The molecule has 0 aromatic rings. The summed E-state index contributed by atoms with van der Waals surface area (Å²) in [4.78, 5) is 36.7. The van der Waals surface area contributed by atoms with E-state index in [2.05, 4.69) is 32.9 Å². The molecule has 0 aromatic heterocycles. The van der Waals surface area contributed by atoms with Crippen molar-refractivity contribution in [3.63, 3.8) is 0 Å². The van der Waals surface area contributed by atoms with E-state index in [1.165, 1.54) is 44.9 Å². The Morgan fingerprint density at radius 1 is 0.487 bits per heavy atom. The molecule has 0 amide bonds. The predicted octanol–water partition coefficient (Wildman–Crippen LogP) is 9.18. The van der Waals surface area contributed by atoms with Gasteiger partial charge in [-0.05, 0) is 38.5 Å². The number of carbonyl (C=O) groups is 3. The van der Waals surface area contributed by atoms with Crippen LogP contribution in [0.3, 0.4) is 0 Å². The van der Waals surface area contributed by atoms with E-state index in [0.29, 0.717) is 19.3 Å². The van der Waals surface area contributed by atoms with Crippen molar-refractivity contribution in [3.05, 3.63) is 12.2 Å². The van der Waals surface area contributed by atoms with Crippen molar-refractivity contribution >= 4 is 17.9 Å². The lowest BCUT2D eigenvalue weighted by Gasteiger charge is -2.18. The van der Waals surface area contributed by atoms with Gasteiger partial charge >= 0.3 is 17.9 Å². The molecule has 0 aliphatic carbocycles. The van der Waals surface area contributed by atoms with Crippen LogP contribution in [0, 0.1) is 0 Å². The van der Waals surface area contributed by atoms with Crippen LogP contribution in [0.15, 0.2) is 12.2 Å². The maximum absolute atomic E-state index is 12.3. The molecule has 0 rings (SSSR count). The molecule has 1 atom stereocenters. The van der Waals surface area contributed by atoms with Gasteiger partial charge in [0.25, 0.3) is 0 Å². The number of ether oxygens (including phenoxy) is 3. The molecule has 228 valence electrons. The summed E-state index contributed by atoms with van der Waals surface area (Å²) in [6.07, 6.45) is 25.4. The highest BCUT2D eigenvalue weighted by molar-refractivity contribution is 5.71. The van der Waals surface area contributed by atoms with Gasteiger partial charge in [-0.15, -0.1) is 0 Å². The molecule has 6 heteroatoms. The van der Waals surface area contributed by atoms with E-state index in [1.54, 1.807) is 0 Å². The van der Waals surface area contributed by atoms with Crippen molar-refractivity contribution in [2.45, 2.75) is 168 Å². The van der Waals surface area contributed by atoms with E-state index in [0.717, 1.165) is 77.0 Å². The molecule has 0 N–H and O–H groups in total. The van der Waals surface area contributed by atoms with E-state index in [1.807, 2.05) is 0 Å². The van der Waals surface area contributed by atoms with Gasteiger partial charge in [0.15, 0.2) is 6.10 Å². The SMILES string of the molecule is CCCC/C=C\CCCCCCCC(=O)OCC(COC(=O)CCCCCCC)OC(=O)CCCCCCC. The monoisotopic (exact) mass is 552 g/mol. The number of hydrogen-bond acceptors (Lipinski definition) is 6. The number of unbranched alkanes of at least 4 members (excludes halogenated alkanes) is 15. The molecule has 0 saturated carbocycles. The molecule has 6 nitrogen and oxygen atoms in total. The minimum Gasteiger partial charge on any atom is -0.462 e. The number of rotatable bonds is 28. The predicted molar refractivity (Wildman–Crippen MR) is 160 cm³/mol. The van der Waals surface area contributed by atoms with Crippen molar-refractivity contribution in [1.82, 2.24) is 0 Å². The fraction of sp³-hybridized carbons (Fsp3) is 0.848. The number of carbonyl (C=O) groups excluding carboxylic acids is 3. The Morgan fingerprint density at radius 2 is 0.872 bits per heavy atom. The quantitative estimate of drug-likeness (QED) is 0.0416. The highest BCUT2D eigenvalue weighted by Crippen LogP contribution is 2.11. The Balaban J connectivity index is 4.27. The third-order valence-corrected chi connectivity index (χ3v) is 6.77. The molecule has 0 spiro atoms. The first kappa shape index (κ1) is 37.1. The van der Waals surface area contributed by atoms with Crippen LogP contribution in [0.2, 0.25) is 0 Å². The topological polar surface area (TPSA) is 78.9 Å². The molecule has 0 bridgehead atoms. The third kappa shape index (κ3) is 27.5. The van der Waals surface area contributed by atoms with Crippen LogP contribution in [0.1, 0.15) is 162 Å². The normalized spacial score (nSPS) is 12.0. The lowest BCUT2D eigenvalue weighted by Crippen LogP contribution is -2.30. The minimum atomic E-state index is -0.758. The second kappa shape index (κ2) is 29.1. The molecule has 0 saturated heterocycles. The van der Waals surface area contributed by atoms with Crippen LogP contribution in [-0.2, 0) is 28.6 Å². The molecular formula is C33H60O6. The average Bonchev–Trinajstić information content (AvgIpc) is 2.93. The van der Waals surface area contributed by atoms with Gasteiger partial charge in [0.2, 0.25) is 0 Å². The molecule has 0 heterocycles. The van der Waals surface area contributed by atoms with Gasteiger partial charge in [-0.2, -0.15) is 0 Å². The summed E-state index contributed by atoms with van der Waals surface area (Å²) in [6.45, 7) is 6.37. The van der Waals surface area contributed by atoms with E-state index in [9.17, 15) is 14.4 Å². The van der Waals surface area contributed by atoms with E-state index < -0.39 is 6.10 Å². The largest absolute Gasteiger partial charge is 0.462 e. The fourth-order valence-electron chi connectivity index (χ4n) is 4.24. The van der Waals surface area contributed by atoms with Crippen LogP contribution in [-0.4, -0.2) is 37.2 Å². The molecular weight excluding hydrogens is 492 g/mol. The van der Waals surface area contributed by atoms with Crippen LogP contribution >= 0.6 is 0 Å². The van der Waals surface area contributed by atoms with Gasteiger partial charge in [-0.25, -0.2) is 0 Å². The van der Waals surface area contributed by atoms with Crippen molar-refractivity contribution in [2.24, 2.45) is 0 Å². The molecule has 0 radical (unpaired) electrons. The Bertz CT molecular complexity index is 615. The first-order valence-corrected chi connectivity index (χ1v) is 16.2. The van der Waals surface area contributed by atoms with Crippen molar-refractivity contribution < 1.29 is 28.6 Å². The van der Waals surface area contributed by atoms with E-state index in [-0.39, 0.29) is 31.1 Å². The summed E-state index contributed by atoms with van der Waals surface area (Å²) in [5.74, 6) is -0.921. The number of hydrogen-bond donors (Lipinski definition) is 0. The van der Waals surface area contributed by atoms with E-state index in [4.69, 9.17) is 14.2 Å². The van der Waals surface area contributed by atoms with Crippen molar-refractivity contribution in [2.75, 3.05) is 13.2 Å². The summed E-state index contributed by atoms with van der Waals surface area (Å²) < 4.78 is 16.3. The number of esters is 3. The number of allylic oxidation sites excluding steroid dienone is 2. The highest BCUT2D eigenvalue weighted by atomic mass is 16.6. The summed E-state index contributed by atoms with van der Waals surface area (Å²) in [7, 11) is 0. The van der Waals surface area contributed by atoms with Crippen LogP contribution in [0.4, 0.5) is 0 Å². The highest BCUT2D eigenvalue weighted by Gasteiger charge is 2.19. The fourth-order valence-corrected chi connectivity index (χ4v) is 4.24. The van der Waals surface area contributed by atoms with Crippen LogP contribution < -0.4 is 0 Å². The Morgan fingerprint density at radius 3 is 1.36 bits per heavy atom. The van der Waals surface area contributed by atoms with Crippen LogP contribution in [0.25, 0.3) is 0 Å². The lowest BCUT2D eigenvalue weighted by molar-refractivity contribution is -0.167. The second-order valence-electron chi connectivity index (χ2n) is 10.7. The maximum atomic E-state index is 12.3. The first-order chi connectivity index (χ1) is 19.0. The molecule has 0 aliphatic heterocycles.